The molecule has 5 nitrogen and oxygen atoms in total. The lowest BCUT2D eigenvalue weighted by Crippen LogP contribution is -2.47. The van der Waals surface area contributed by atoms with Gasteiger partial charge in [-0.15, -0.1) is 0 Å². The van der Waals surface area contributed by atoms with E-state index in [9.17, 15) is 4.39 Å². The van der Waals surface area contributed by atoms with Crippen molar-refractivity contribution in [3.8, 4) is 11.1 Å². The highest BCUT2D eigenvalue weighted by atomic mass is 19.1. The van der Waals surface area contributed by atoms with Crippen LogP contribution in [-0.4, -0.2) is 41.1 Å². The van der Waals surface area contributed by atoms with Crippen LogP contribution in [0, 0.1) is 5.82 Å². The summed E-state index contributed by atoms with van der Waals surface area (Å²) >= 11 is 0. The van der Waals surface area contributed by atoms with Crippen molar-refractivity contribution in [3.63, 3.8) is 0 Å². The number of benzene rings is 1. The molecule has 1 fully saturated rings. The normalized spacial score (nSPS) is 14.6. The molecule has 3 heterocycles. The van der Waals surface area contributed by atoms with Crippen molar-refractivity contribution in [1.29, 1.82) is 0 Å². The Morgan fingerprint density at radius 3 is 2.04 bits per heavy atom. The predicted octanol–water partition coefficient (Wildman–Crippen LogP) is 3.00. The summed E-state index contributed by atoms with van der Waals surface area (Å²) in [5.41, 5.74) is 1.80. The van der Waals surface area contributed by atoms with Crippen molar-refractivity contribution < 1.29 is 4.39 Å². The standard InChI is InChI=1S/C19H18FN5/c20-17-6-4-15(5-7-17)16-13-22-19(23-14-16)25-11-9-24(10-12-25)18-3-1-2-8-21-18/h1-8,13-14H,9-12H2. The molecule has 0 aliphatic carbocycles. The molecule has 25 heavy (non-hydrogen) atoms. The van der Waals surface area contributed by atoms with Gasteiger partial charge < -0.3 is 9.80 Å². The van der Waals surface area contributed by atoms with Crippen molar-refractivity contribution in [2.24, 2.45) is 0 Å². The van der Waals surface area contributed by atoms with Crippen LogP contribution >= 0.6 is 0 Å². The first-order valence-corrected chi connectivity index (χ1v) is 8.28. The molecular weight excluding hydrogens is 317 g/mol. The average Bonchev–Trinajstić information content (AvgIpc) is 2.70. The smallest absolute Gasteiger partial charge is 0.225 e. The summed E-state index contributed by atoms with van der Waals surface area (Å²) in [5, 5.41) is 0. The van der Waals surface area contributed by atoms with Gasteiger partial charge in [0.1, 0.15) is 11.6 Å². The Balaban J connectivity index is 1.42. The topological polar surface area (TPSA) is 45.2 Å². The van der Waals surface area contributed by atoms with E-state index in [1.54, 1.807) is 24.5 Å². The highest BCUT2D eigenvalue weighted by Gasteiger charge is 2.19. The number of pyridine rings is 1. The van der Waals surface area contributed by atoms with Gasteiger partial charge in [-0.25, -0.2) is 19.3 Å². The van der Waals surface area contributed by atoms with Crippen LogP contribution in [0.5, 0.6) is 0 Å². The second-order valence-electron chi connectivity index (χ2n) is 5.94. The summed E-state index contributed by atoms with van der Waals surface area (Å²) in [6.07, 6.45) is 5.40. The summed E-state index contributed by atoms with van der Waals surface area (Å²) in [6.45, 7) is 3.49. The van der Waals surface area contributed by atoms with Gasteiger partial charge >= 0.3 is 0 Å². The number of halogens is 1. The Labute approximate surface area is 145 Å². The molecule has 1 aliphatic heterocycles. The minimum atomic E-state index is -0.243. The van der Waals surface area contributed by atoms with E-state index >= 15 is 0 Å². The molecule has 0 bridgehead atoms. The summed E-state index contributed by atoms with van der Waals surface area (Å²) in [7, 11) is 0. The highest BCUT2D eigenvalue weighted by Crippen LogP contribution is 2.20. The minimum Gasteiger partial charge on any atom is -0.353 e. The average molecular weight is 335 g/mol. The van der Waals surface area contributed by atoms with Gasteiger partial charge in [0.15, 0.2) is 0 Å². The molecule has 1 aromatic carbocycles. The van der Waals surface area contributed by atoms with Crippen LogP contribution < -0.4 is 9.80 Å². The zero-order valence-corrected chi connectivity index (χ0v) is 13.7. The van der Waals surface area contributed by atoms with Crippen molar-refractivity contribution in [3.05, 3.63) is 66.9 Å². The van der Waals surface area contributed by atoms with Crippen LogP contribution in [-0.2, 0) is 0 Å². The lowest BCUT2D eigenvalue weighted by molar-refractivity contribution is 0.628. The first-order valence-electron chi connectivity index (χ1n) is 8.28. The highest BCUT2D eigenvalue weighted by molar-refractivity contribution is 5.62. The Morgan fingerprint density at radius 2 is 1.40 bits per heavy atom. The third-order valence-corrected chi connectivity index (χ3v) is 4.35. The maximum absolute atomic E-state index is 13.0. The molecule has 126 valence electrons. The largest absolute Gasteiger partial charge is 0.353 e. The van der Waals surface area contributed by atoms with Gasteiger partial charge in [-0.2, -0.15) is 0 Å². The first-order chi connectivity index (χ1) is 12.3. The van der Waals surface area contributed by atoms with Crippen LogP contribution in [0.15, 0.2) is 61.1 Å². The quantitative estimate of drug-likeness (QED) is 0.736. The molecular formula is C19H18FN5. The predicted molar refractivity (Wildman–Crippen MR) is 96.1 cm³/mol. The van der Waals surface area contributed by atoms with E-state index in [4.69, 9.17) is 0 Å². The lowest BCUT2D eigenvalue weighted by atomic mass is 10.1. The molecule has 0 radical (unpaired) electrons. The zero-order valence-electron chi connectivity index (χ0n) is 13.7. The summed E-state index contributed by atoms with van der Waals surface area (Å²) in [6, 6.07) is 12.3. The van der Waals surface area contributed by atoms with Crippen LogP contribution in [0.4, 0.5) is 16.2 Å². The molecule has 1 saturated heterocycles. The Morgan fingerprint density at radius 1 is 0.720 bits per heavy atom. The van der Waals surface area contributed by atoms with Crippen molar-refractivity contribution in [1.82, 2.24) is 15.0 Å². The number of hydrogen-bond acceptors (Lipinski definition) is 5. The van der Waals surface area contributed by atoms with Crippen molar-refractivity contribution >= 4 is 11.8 Å². The van der Waals surface area contributed by atoms with Crippen molar-refractivity contribution in [2.75, 3.05) is 36.0 Å². The fourth-order valence-corrected chi connectivity index (χ4v) is 2.95. The Bertz CT molecular complexity index is 813. The molecule has 4 rings (SSSR count). The van der Waals surface area contributed by atoms with Gasteiger partial charge in [0.2, 0.25) is 5.95 Å². The molecule has 3 aromatic rings. The van der Waals surface area contributed by atoms with E-state index in [1.165, 1.54) is 12.1 Å². The Kier molecular flexibility index (Phi) is 4.24. The number of rotatable bonds is 3. The third-order valence-electron chi connectivity index (χ3n) is 4.35. The van der Waals surface area contributed by atoms with E-state index in [2.05, 4.69) is 24.8 Å². The minimum absolute atomic E-state index is 0.243. The molecule has 0 amide bonds. The zero-order chi connectivity index (χ0) is 17.1. The fraction of sp³-hybridized carbons (Fsp3) is 0.211. The SMILES string of the molecule is Fc1ccc(-c2cnc(N3CCN(c4ccccn4)CC3)nc2)cc1. The van der Waals surface area contributed by atoms with E-state index in [-0.39, 0.29) is 5.82 Å². The summed E-state index contributed by atoms with van der Waals surface area (Å²) < 4.78 is 13.0. The molecule has 6 heteroatoms. The van der Waals surface area contributed by atoms with E-state index in [0.29, 0.717) is 0 Å². The summed E-state index contributed by atoms with van der Waals surface area (Å²) in [5.74, 6) is 1.49. The van der Waals surface area contributed by atoms with Crippen molar-refractivity contribution in [2.45, 2.75) is 0 Å². The maximum atomic E-state index is 13.0. The van der Waals surface area contributed by atoms with Crippen LogP contribution in [0.25, 0.3) is 11.1 Å². The van der Waals surface area contributed by atoms with E-state index < -0.39 is 0 Å². The van der Waals surface area contributed by atoms with Gasteiger partial charge in [0.05, 0.1) is 0 Å². The first kappa shape index (κ1) is 15.5. The molecule has 2 aromatic heterocycles. The molecule has 0 saturated carbocycles. The number of aromatic nitrogens is 3. The van der Waals surface area contributed by atoms with Gasteiger partial charge in [0, 0.05) is 50.3 Å². The second-order valence-corrected chi connectivity index (χ2v) is 5.94. The van der Waals surface area contributed by atoms with Gasteiger partial charge in [-0.05, 0) is 29.8 Å². The number of anilines is 2. The molecule has 0 spiro atoms. The van der Waals surface area contributed by atoms with Crippen LogP contribution in [0.1, 0.15) is 0 Å². The summed E-state index contributed by atoms with van der Waals surface area (Å²) in [4.78, 5) is 17.8. The van der Waals surface area contributed by atoms with Gasteiger partial charge in [-0.3, -0.25) is 0 Å². The monoisotopic (exact) mass is 335 g/mol. The number of hydrogen-bond donors (Lipinski definition) is 0. The lowest BCUT2D eigenvalue weighted by Gasteiger charge is -2.35. The molecule has 0 N–H and O–H groups in total. The van der Waals surface area contributed by atoms with Gasteiger partial charge in [-0.1, -0.05) is 18.2 Å². The maximum Gasteiger partial charge on any atom is 0.225 e. The fourth-order valence-electron chi connectivity index (χ4n) is 2.95. The van der Waals surface area contributed by atoms with Crippen LogP contribution in [0.2, 0.25) is 0 Å². The van der Waals surface area contributed by atoms with E-state index in [1.807, 2.05) is 24.4 Å². The number of piperazine rings is 1. The second kappa shape index (κ2) is 6.84. The Hall–Kier alpha value is -3.02. The van der Waals surface area contributed by atoms with Gasteiger partial charge in [0.25, 0.3) is 0 Å². The molecule has 0 atom stereocenters. The molecule has 0 unspecified atom stereocenters. The molecule has 1 aliphatic rings. The van der Waals surface area contributed by atoms with Crippen LogP contribution in [0.3, 0.4) is 0 Å². The van der Waals surface area contributed by atoms with E-state index in [0.717, 1.165) is 49.1 Å². The third kappa shape index (κ3) is 3.42. The number of nitrogens with zero attached hydrogens (tertiary/aromatic N) is 5.